The van der Waals surface area contributed by atoms with Gasteiger partial charge in [-0.15, -0.1) is 0 Å². The van der Waals surface area contributed by atoms with Crippen molar-refractivity contribution < 1.29 is 14.3 Å². The number of carbonyl (C=O) groups excluding carboxylic acids is 2. The number of carbonyl (C=O) groups is 2. The van der Waals surface area contributed by atoms with Crippen molar-refractivity contribution in [1.82, 2.24) is 4.90 Å². The molecule has 3 unspecified atom stereocenters. The zero-order valence-corrected chi connectivity index (χ0v) is 20.2. The van der Waals surface area contributed by atoms with Gasteiger partial charge >= 0.3 is 5.97 Å². The number of amides is 1. The SMILES string of the molecule is C=C(C)C(C(=O)OC(c1ccccc1)c1ccccc1)N1C(=O)C2N=C(Cc3ccccc3)SC21. The molecule has 1 saturated heterocycles. The Morgan fingerprint density at radius 1 is 0.971 bits per heavy atom. The van der Waals surface area contributed by atoms with E-state index in [4.69, 9.17) is 4.74 Å². The van der Waals surface area contributed by atoms with Crippen molar-refractivity contribution in [2.24, 2.45) is 4.99 Å². The Morgan fingerprint density at radius 2 is 1.51 bits per heavy atom. The van der Waals surface area contributed by atoms with Crippen molar-refractivity contribution in [3.8, 4) is 0 Å². The van der Waals surface area contributed by atoms with Crippen molar-refractivity contribution in [2.75, 3.05) is 0 Å². The molecule has 176 valence electrons. The molecular formula is C29H26N2O3S. The van der Waals surface area contributed by atoms with Crippen LogP contribution in [0, 0.1) is 0 Å². The Morgan fingerprint density at radius 3 is 2.06 bits per heavy atom. The van der Waals surface area contributed by atoms with Gasteiger partial charge in [-0.25, -0.2) is 4.79 Å². The molecule has 3 aromatic carbocycles. The summed E-state index contributed by atoms with van der Waals surface area (Å²) in [5.41, 5.74) is 3.44. The summed E-state index contributed by atoms with van der Waals surface area (Å²) in [5, 5.41) is 0.685. The number of esters is 1. The highest BCUT2D eigenvalue weighted by molar-refractivity contribution is 8.14. The molecule has 0 aromatic heterocycles. The molecule has 6 heteroatoms. The van der Waals surface area contributed by atoms with Crippen LogP contribution in [0.1, 0.15) is 29.7 Å². The van der Waals surface area contributed by atoms with Gasteiger partial charge in [0.25, 0.3) is 5.91 Å². The third-order valence-electron chi connectivity index (χ3n) is 6.20. The number of fused-ring (bicyclic) bond motifs is 1. The number of ether oxygens (including phenoxy) is 1. The second-order valence-electron chi connectivity index (χ2n) is 8.77. The van der Waals surface area contributed by atoms with Gasteiger partial charge in [-0.3, -0.25) is 9.79 Å². The number of likely N-dealkylation sites (tertiary alicyclic amines) is 1. The Hall–Kier alpha value is -3.64. The lowest BCUT2D eigenvalue weighted by Crippen LogP contribution is -2.66. The van der Waals surface area contributed by atoms with Crippen LogP contribution < -0.4 is 0 Å². The monoisotopic (exact) mass is 482 g/mol. The topological polar surface area (TPSA) is 59.0 Å². The maximum atomic E-state index is 13.6. The fourth-order valence-corrected chi connectivity index (χ4v) is 5.83. The number of nitrogens with zero attached hydrogens (tertiary/aromatic N) is 2. The molecule has 3 aromatic rings. The predicted octanol–water partition coefficient (Wildman–Crippen LogP) is 5.19. The Kier molecular flexibility index (Phi) is 6.55. The van der Waals surface area contributed by atoms with Crippen LogP contribution in [0.4, 0.5) is 0 Å². The van der Waals surface area contributed by atoms with E-state index in [2.05, 4.69) is 11.6 Å². The number of benzene rings is 3. The third kappa shape index (κ3) is 4.66. The highest BCUT2D eigenvalue weighted by atomic mass is 32.2. The first-order valence-electron chi connectivity index (χ1n) is 11.6. The fraction of sp³-hybridized carbons (Fsp3) is 0.207. The second-order valence-corrected chi connectivity index (χ2v) is 9.96. The number of aliphatic imine (C=N–C) groups is 1. The fourth-order valence-electron chi connectivity index (χ4n) is 4.48. The van der Waals surface area contributed by atoms with Crippen LogP contribution in [0.2, 0.25) is 0 Å². The molecule has 0 saturated carbocycles. The molecule has 5 rings (SSSR count). The van der Waals surface area contributed by atoms with Crippen molar-refractivity contribution in [2.45, 2.75) is 36.9 Å². The van der Waals surface area contributed by atoms with Gasteiger partial charge in [0.15, 0.2) is 18.2 Å². The van der Waals surface area contributed by atoms with Crippen LogP contribution in [0.15, 0.2) is 108 Å². The lowest BCUT2D eigenvalue weighted by atomic mass is 9.98. The maximum Gasteiger partial charge on any atom is 0.334 e. The van der Waals surface area contributed by atoms with Crippen LogP contribution in [0.25, 0.3) is 0 Å². The quantitative estimate of drug-likeness (QED) is 0.252. The molecule has 5 nitrogen and oxygen atoms in total. The first-order valence-corrected chi connectivity index (χ1v) is 12.5. The van der Waals surface area contributed by atoms with E-state index < -0.39 is 24.2 Å². The number of β-lactam (4-membered cyclic amide) rings is 1. The largest absolute Gasteiger partial charge is 0.451 e. The molecule has 2 aliphatic rings. The standard InChI is InChI=1S/C29H26N2O3S/c1-19(2)25(29(33)34-26(21-14-8-4-9-15-21)22-16-10-5-11-17-22)31-27(32)24-28(31)35-23(30-24)18-20-12-6-3-7-13-20/h3-17,24-26,28H,1,18H2,2H3. The molecule has 2 aliphatic heterocycles. The molecule has 35 heavy (non-hydrogen) atoms. The van der Waals surface area contributed by atoms with E-state index >= 15 is 0 Å². The number of hydrogen-bond donors (Lipinski definition) is 0. The molecule has 1 amide bonds. The average Bonchev–Trinajstić information content (AvgIpc) is 3.25. The van der Waals surface area contributed by atoms with Gasteiger partial charge < -0.3 is 9.64 Å². The first kappa shape index (κ1) is 23.1. The van der Waals surface area contributed by atoms with Gasteiger partial charge in [-0.1, -0.05) is 109 Å². The number of hydrogen-bond acceptors (Lipinski definition) is 5. The van der Waals surface area contributed by atoms with Gasteiger partial charge in [0.05, 0.1) is 5.04 Å². The van der Waals surface area contributed by atoms with E-state index in [1.165, 1.54) is 0 Å². The minimum Gasteiger partial charge on any atom is -0.451 e. The molecule has 0 bridgehead atoms. The summed E-state index contributed by atoms with van der Waals surface area (Å²) in [6.45, 7) is 5.79. The predicted molar refractivity (Wildman–Crippen MR) is 139 cm³/mol. The Balaban J connectivity index is 1.35. The number of thioether (sulfide) groups is 1. The minimum absolute atomic E-state index is 0.161. The maximum absolute atomic E-state index is 13.6. The number of rotatable bonds is 8. The molecule has 0 spiro atoms. The van der Waals surface area contributed by atoms with Gasteiger partial charge in [0.1, 0.15) is 5.37 Å². The van der Waals surface area contributed by atoms with E-state index in [0.717, 1.165) is 21.7 Å². The molecule has 0 aliphatic carbocycles. The van der Waals surface area contributed by atoms with Gasteiger partial charge in [-0.2, -0.15) is 0 Å². The van der Waals surface area contributed by atoms with Crippen molar-refractivity contribution in [3.05, 3.63) is 120 Å². The van der Waals surface area contributed by atoms with Gasteiger partial charge in [-0.05, 0) is 29.2 Å². The van der Waals surface area contributed by atoms with E-state index in [0.29, 0.717) is 12.0 Å². The minimum atomic E-state index is -0.863. The zero-order chi connectivity index (χ0) is 24.4. The highest BCUT2D eigenvalue weighted by Crippen LogP contribution is 2.42. The summed E-state index contributed by atoms with van der Waals surface area (Å²) in [5.74, 6) is -0.648. The van der Waals surface area contributed by atoms with E-state index in [1.54, 1.807) is 23.6 Å². The van der Waals surface area contributed by atoms with Crippen molar-refractivity contribution in [1.29, 1.82) is 0 Å². The van der Waals surface area contributed by atoms with Gasteiger partial charge in [0, 0.05) is 6.42 Å². The molecule has 0 N–H and O–H groups in total. The average molecular weight is 483 g/mol. The van der Waals surface area contributed by atoms with Crippen molar-refractivity contribution >= 4 is 28.7 Å². The summed E-state index contributed by atoms with van der Waals surface area (Å²) in [7, 11) is 0. The van der Waals surface area contributed by atoms with E-state index in [9.17, 15) is 9.59 Å². The summed E-state index contributed by atoms with van der Waals surface area (Å²) in [6, 6.07) is 28.0. The highest BCUT2D eigenvalue weighted by Gasteiger charge is 2.56. The Bertz CT molecular complexity index is 1220. The van der Waals surface area contributed by atoms with Gasteiger partial charge in [0.2, 0.25) is 0 Å². The summed E-state index contributed by atoms with van der Waals surface area (Å²) in [6.07, 6.45) is 0.0892. The summed E-state index contributed by atoms with van der Waals surface area (Å²) < 4.78 is 6.08. The molecule has 3 atom stereocenters. The van der Waals surface area contributed by atoms with Crippen LogP contribution >= 0.6 is 11.8 Å². The summed E-state index contributed by atoms with van der Waals surface area (Å²) >= 11 is 1.55. The smallest absolute Gasteiger partial charge is 0.334 e. The van der Waals surface area contributed by atoms with Crippen LogP contribution in [0.3, 0.4) is 0 Å². The van der Waals surface area contributed by atoms with Crippen LogP contribution in [-0.2, 0) is 20.7 Å². The Labute approximate surface area is 209 Å². The third-order valence-corrected chi connectivity index (χ3v) is 7.44. The van der Waals surface area contributed by atoms with Crippen LogP contribution in [-0.4, -0.2) is 39.3 Å². The van der Waals surface area contributed by atoms with E-state index in [1.807, 2.05) is 91.0 Å². The van der Waals surface area contributed by atoms with Crippen LogP contribution in [0.5, 0.6) is 0 Å². The first-order chi connectivity index (χ1) is 17.0. The molecule has 1 fully saturated rings. The summed E-state index contributed by atoms with van der Waals surface area (Å²) in [4.78, 5) is 32.9. The second kappa shape index (κ2) is 9.92. The normalized spacial score (nSPS) is 19.5. The molecule has 2 heterocycles. The van der Waals surface area contributed by atoms with Crippen molar-refractivity contribution in [3.63, 3.8) is 0 Å². The molecular weight excluding hydrogens is 456 g/mol. The zero-order valence-electron chi connectivity index (χ0n) is 19.4. The van der Waals surface area contributed by atoms with E-state index in [-0.39, 0.29) is 11.3 Å². The lowest BCUT2D eigenvalue weighted by Gasteiger charge is -2.45. The molecule has 0 radical (unpaired) electrons. The lowest BCUT2D eigenvalue weighted by molar-refractivity contribution is -0.163.